The van der Waals surface area contributed by atoms with Gasteiger partial charge in [-0.05, 0) is 12.8 Å². The van der Waals surface area contributed by atoms with Gasteiger partial charge < -0.3 is 11.1 Å². The van der Waals surface area contributed by atoms with Crippen molar-refractivity contribution in [1.82, 2.24) is 5.32 Å². The van der Waals surface area contributed by atoms with Crippen molar-refractivity contribution in [2.75, 3.05) is 13.1 Å². The number of nitrogens with one attached hydrogen (secondary N) is 1. The van der Waals surface area contributed by atoms with E-state index in [1.165, 1.54) is 32.6 Å². The summed E-state index contributed by atoms with van der Waals surface area (Å²) in [5.74, 6) is 1.25. The van der Waals surface area contributed by atoms with Gasteiger partial charge in [-0.2, -0.15) is 0 Å². The molecule has 0 aromatic rings. The molecule has 0 aliphatic heterocycles. The van der Waals surface area contributed by atoms with E-state index in [0.717, 1.165) is 5.84 Å². The van der Waals surface area contributed by atoms with Gasteiger partial charge in [-0.25, -0.2) is 0 Å². The molecule has 1 saturated carbocycles. The van der Waals surface area contributed by atoms with Crippen molar-refractivity contribution in [3.63, 3.8) is 0 Å². The summed E-state index contributed by atoms with van der Waals surface area (Å²) in [4.78, 5) is 14.8. The summed E-state index contributed by atoms with van der Waals surface area (Å²) in [6.45, 7) is 2.69. The Morgan fingerprint density at radius 2 is 2.14 bits per heavy atom. The van der Waals surface area contributed by atoms with Crippen LogP contribution in [0.3, 0.4) is 0 Å². The van der Waals surface area contributed by atoms with Crippen LogP contribution in [0.1, 0.15) is 32.6 Å². The zero-order chi connectivity index (χ0) is 10.4. The lowest BCUT2D eigenvalue weighted by Crippen LogP contribution is -2.26. The van der Waals surface area contributed by atoms with E-state index >= 15 is 0 Å². The minimum absolute atomic E-state index is 0.0142. The molecule has 0 aromatic heterocycles. The van der Waals surface area contributed by atoms with Crippen LogP contribution in [-0.2, 0) is 4.79 Å². The van der Waals surface area contributed by atoms with Gasteiger partial charge in [0, 0.05) is 19.4 Å². The highest BCUT2D eigenvalue weighted by Crippen LogP contribution is 2.24. The molecule has 0 radical (unpaired) electrons. The second kappa shape index (κ2) is 5.62. The highest BCUT2D eigenvalue weighted by molar-refractivity contribution is 5.83. The molecule has 4 nitrogen and oxygen atoms in total. The fraction of sp³-hybridized carbons (Fsp3) is 0.800. The Hall–Kier alpha value is -1.06. The number of rotatable bonds is 4. The number of hydrogen-bond acceptors (Lipinski definition) is 2. The topological polar surface area (TPSA) is 67.5 Å². The molecular weight excluding hydrogens is 178 g/mol. The third kappa shape index (κ3) is 3.77. The number of amides is 1. The first-order valence-corrected chi connectivity index (χ1v) is 5.24. The highest BCUT2D eigenvalue weighted by atomic mass is 16.1. The summed E-state index contributed by atoms with van der Waals surface area (Å²) in [6.07, 6.45) is 4.89. The molecule has 80 valence electrons. The highest BCUT2D eigenvalue weighted by Gasteiger charge is 2.17. The first kappa shape index (κ1) is 11.0. The quantitative estimate of drug-likeness (QED) is 0.395. The molecule has 4 heteroatoms. The Morgan fingerprint density at radius 3 is 2.71 bits per heavy atom. The van der Waals surface area contributed by atoms with E-state index in [1.54, 1.807) is 0 Å². The number of nitrogens with two attached hydrogens (primary N) is 1. The molecule has 3 N–H and O–H groups in total. The maximum Gasteiger partial charge on any atom is 0.216 e. The van der Waals surface area contributed by atoms with Gasteiger partial charge in [-0.1, -0.05) is 12.8 Å². The van der Waals surface area contributed by atoms with Crippen LogP contribution >= 0.6 is 0 Å². The average Bonchev–Trinajstić information content (AvgIpc) is 2.64. The predicted octanol–water partition coefficient (Wildman–Crippen LogP) is 0.670. The van der Waals surface area contributed by atoms with E-state index in [-0.39, 0.29) is 5.91 Å². The van der Waals surface area contributed by atoms with Crippen LogP contribution in [0.5, 0.6) is 0 Å². The number of carbonyl (C=O) groups excluding carboxylic acids is 1. The van der Waals surface area contributed by atoms with E-state index in [0.29, 0.717) is 19.0 Å². The van der Waals surface area contributed by atoms with Crippen molar-refractivity contribution in [2.24, 2.45) is 16.6 Å². The zero-order valence-corrected chi connectivity index (χ0v) is 8.75. The Balaban J connectivity index is 2.18. The standard InChI is InChI=1S/C10H19N3O/c1-8(14)12-6-7-13-10(11)9-4-2-3-5-9/h9H,2-7H2,1H3,(H2,11,13)(H,12,14). The van der Waals surface area contributed by atoms with Gasteiger partial charge in [-0.3, -0.25) is 9.79 Å². The first-order valence-electron chi connectivity index (χ1n) is 5.24. The normalized spacial score (nSPS) is 18.5. The van der Waals surface area contributed by atoms with Gasteiger partial charge >= 0.3 is 0 Å². The minimum atomic E-state index is -0.0142. The molecule has 0 bridgehead atoms. The largest absolute Gasteiger partial charge is 0.387 e. The Morgan fingerprint density at radius 1 is 1.50 bits per heavy atom. The van der Waals surface area contributed by atoms with Crippen molar-refractivity contribution >= 4 is 11.7 Å². The molecule has 1 aliphatic rings. The molecule has 1 aliphatic carbocycles. The molecule has 0 atom stereocenters. The van der Waals surface area contributed by atoms with Gasteiger partial charge in [0.25, 0.3) is 0 Å². The van der Waals surface area contributed by atoms with Crippen molar-refractivity contribution in [3.8, 4) is 0 Å². The van der Waals surface area contributed by atoms with Gasteiger partial charge in [0.05, 0.1) is 12.4 Å². The second-order valence-corrected chi connectivity index (χ2v) is 3.77. The summed E-state index contributed by atoms with van der Waals surface area (Å²) in [6, 6.07) is 0. The molecule has 0 unspecified atom stereocenters. The molecule has 0 spiro atoms. The summed E-state index contributed by atoms with van der Waals surface area (Å²) < 4.78 is 0. The van der Waals surface area contributed by atoms with Crippen LogP contribution in [0.4, 0.5) is 0 Å². The smallest absolute Gasteiger partial charge is 0.216 e. The molecule has 0 saturated heterocycles. The first-order chi connectivity index (χ1) is 6.70. The van der Waals surface area contributed by atoms with Crippen molar-refractivity contribution in [3.05, 3.63) is 0 Å². The molecular formula is C10H19N3O. The second-order valence-electron chi connectivity index (χ2n) is 3.77. The fourth-order valence-electron chi connectivity index (χ4n) is 1.77. The number of aliphatic imine (C=N–C) groups is 1. The third-order valence-electron chi connectivity index (χ3n) is 2.55. The number of amidine groups is 1. The van der Waals surface area contributed by atoms with Crippen LogP contribution in [0.2, 0.25) is 0 Å². The van der Waals surface area contributed by atoms with Gasteiger partial charge in [0.2, 0.25) is 5.91 Å². The molecule has 1 fully saturated rings. The molecule has 0 heterocycles. The van der Waals surface area contributed by atoms with Gasteiger partial charge in [0.15, 0.2) is 0 Å². The van der Waals surface area contributed by atoms with Crippen molar-refractivity contribution in [2.45, 2.75) is 32.6 Å². The maximum atomic E-state index is 10.6. The van der Waals surface area contributed by atoms with Crippen molar-refractivity contribution in [1.29, 1.82) is 0 Å². The molecule has 1 amide bonds. The van der Waals surface area contributed by atoms with Crippen molar-refractivity contribution < 1.29 is 4.79 Å². The summed E-state index contributed by atoms with van der Waals surface area (Å²) >= 11 is 0. The fourth-order valence-corrected chi connectivity index (χ4v) is 1.77. The van der Waals surface area contributed by atoms with E-state index in [2.05, 4.69) is 10.3 Å². The Kier molecular flexibility index (Phi) is 4.43. The number of hydrogen-bond donors (Lipinski definition) is 2. The number of carbonyl (C=O) groups is 1. The number of nitrogens with zero attached hydrogens (tertiary/aromatic N) is 1. The zero-order valence-electron chi connectivity index (χ0n) is 8.75. The SMILES string of the molecule is CC(=O)NCCN=C(N)C1CCCC1. The van der Waals surface area contributed by atoms with Crippen LogP contribution < -0.4 is 11.1 Å². The molecule has 1 rings (SSSR count). The maximum absolute atomic E-state index is 10.6. The molecule has 0 aromatic carbocycles. The average molecular weight is 197 g/mol. The lowest BCUT2D eigenvalue weighted by molar-refractivity contribution is -0.118. The van der Waals surface area contributed by atoms with E-state index in [4.69, 9.17) is 5.73 Å². The van der Waals surface area contributed by atoms with E-state index < -0.39 is 0 Å². The third-order valence-corrected chi connectivity index (χ3v) is 2.55. The molecule has 14 heavy (non-hydrogen) atoms. The summed E-state index contributed by atoms with van der Waals surface area (Å²) in [7, 11) is 0. The summed E-state index contributed by atoms with van der Waals surface area (Å²) in [5, 5.41) is 2.69. The van der Waals surface area contributed by atoms with Crippen LogP contribution in [0.15, 0.2) is 4.99 Å². The van der Waals surface area contributed by atoms with E-state index in [1.807, 2.05) is 0 Å². The van der Waals surface area contributed by atoms with Crippen LogP contribution in [-0.4, -0.2) is 24.8 Å². The Labute approximate surface area is 85.0 Å². The predicted molar refractivity (Wildman–Crippen MR) is 57.1 cm³/mol. The monoisotopic (exact) mass is 197 g/mol. The Bertz CT molecular complexity index is 219. The van der Waals surface area contributed by atoms with Gasteiger partial charge in [-0.15, -0.1) is 0 Å². The van der Waals surface area contributed by atoms with Gasteiger partial charge in [0.1, 0.15) is 0 Å². The van der Waals surface area contributed by atoms with Crippen LogP contribution in [0, 0.1) is 5.92 Å². The lowest BCUT2D eigenvalue weighted by Gasteiger charge is -2.07. The lowest BCUT2D eigenvalue weighted by atomic mass is 10.1. The summed E-state index contributed by atoms with van der Waals surface area (Å²) in [5.41, 5.74) is 5.83. The van der Waals surface area contributed by atoms with Crippen LogP contribution in [0.25, 0.3) is 0 Å². The minimum Gasteiger partial charge on any atom is -0.387 e. The van der Waals surface area contributed by atoms with E-state index in [9.17, 15) is 4.79 Å².